The molecule has 3 aromatic rings. The van der Waals surface area contributed by atoms with Gasteiger partial charge in [-0.3, -0.25) is 4.79 Å². The number of aromatic nitrogens is 2. The second-order valence-corrected chi connectivity index (χ2v) is 6.95. The van der Waals surface area contributed by atoms with Crippen LogP contribution in [0.25, 0.3) is 11.1 Å². The Kier molecular flexibility index (Phi) is 5.08. The fourth-order valence-electron chi connectivity index (χ4n) is 3.46. The molecule has 1 amide bonds. The van der Waals surface area contributed by atoms with Crippen molar-refractivity contribution in [2.24, 2.45) is 0 Å². The SMILES string of the molecule is O=C(c1ccc(-c2ccccc2)cc1)N1CCC(c2nnc(C(F)(F)F)o2)CC1. The molecular weight excluding hydrogens is 383 g/mol. The van der Waals surface area contributed by atoms with Crippen molar-refractivity contribution >= 4 is 5.91 Å². The van der Waals surface area contributed by atoms with E-state index in [2.05, 4.69) is 10.2 Å². The third-order valence-corrected chi connectivity index (χ3v) is 5.05. The number of likely N-dealkylation sites (tertiary alicyclic amines) is 1. The first-order valence-corrected chi connectivity index (χ1v) is 9.27. The highest BCUT2D eigenvalue weighted by Gasteiger charge is 2.39. The Balaban J connectivity index is 1.38. The smallest absolute Gasteiger partial charge is 0.417 e. The molecule has 0 saturated carbocycles. The fourth-order valence-corrected chi connectivity index (χ4v) is 3.46. The number of hydrogen-bond acceptors (Lipinski definition) is 4. The molecule has 1 aliphatic heterocycles. The van der Waals surface area contributed by atoms with Crippen LogP contribution in [0.2, 0.25) is 0 Å². The number of piperidine rings is 1. The molecule has 0 unspecified atom stereocenters. The Hall–Kier alpha value is -3.16. The molecule has 0 N–H and O–H groups in total. The van der Waals surface area contributed by atoms with Gasteiger partial charge >= 0.3 is 12.1 Å². The highest BCUT2D eigenvalue weighted by atomic mass is 19.4. The van der Waals surface area contributed by atoms with Crippen molar-refractivity contribution in [3.8, 4) is 11.1 Å². The van der Waals surface area contributed by atoms with Gasteiger partial charge in [0.1, 0.15) is 0 Å². The van der Waals surface area contributed by atoms with Gasteiger partial charge in [0, 0.05) is 24.6 Å². The third-order valence-electron chi connectivity index (χ3n) is 5.05. The van der Waals surface area contributed by atoms with Gasteiger partial charge in [0.2, 0.25) is 5.89 Å². The highest BCUT2D eigenvalue weighted by molar-refractivity contribution is 5.94. The molecule has 4 rings (SSSR count). The molecule has 0 bridgehead atoms. The minimum absolute atomic E-state index is 0.0170. The maximum Gasteiger partial charge on any atom is 0.470 e. The molecular formula is C21H18F3N3O2. The lowest BCUT2D eigenvalue weighted by atomic mass is 9.96. The van der Waals surface area contributed by atoms with Crippen molar-refractivity contribution in [2.45, 2.75) is 24.9 Å². The topological polar surface area (TPSA) is 59.2 Å². The van der Waals surface area contributed by atoms with Crippen molar-refractivity contribution in [1.82, 2.24) is 15.1 Å². The molecule has 0 spiro atoms. The second kappa shape index (κ2) is 7.69. The van der Waals surface area contributed by atoms with Gasteiger partial charge in [-0.1, -0.05) is 42.5 Å². The van der Waals surface area contributed by atoms with E-state index < -0.39 is 12.1 Å². The zero-order valence-corrected chi connectivity index (χ0v) is 15.4. The van der Waals surface area contributed by atoms with E-state index in [1.807, 2.05) is 42.5 Å². The molecule has 0 aliphatic carbocycles. The van der Waals surface area contributed by atoms with Crippen LogP contribution in [0.1, 0.15) is 40.9 Å². The number of carbonyl (C=O) groups is 1. The number of halogens is 3. The van der Waals surface area contributed by atoms with E-state index in [0.717, 1.165) is 11.1 Å². The van der Waals surface area contributed by atoms with Gasteiger partial charge in [0.15, 0.2) is 0 Å². The largest absolute Gasteiger partial charge is 0.470 e. The number of amides is 1. The van der Waals surface area contributed by atoms with Gasteiger partial charge < -0.3 is 9.32 Å². The fraction of sp³-hybridized carbons (Fsp3) is 0.286. The molecule has 2 aromatic carbocycles. The molecule has 0 atom stereocenters. The quantitative estimate of drug-likeness (QED) is 0.634. The molecule has 1 aromatic heterocycles. The maximum absolute atomic E-state index is 12.8. The number of rotatable bonds is 3. The summed E-state index contributed by atoms with van der Waals surface area (Å²) in [6, 6.07) is 17.3. The lowest BCUT2D eigenvalue weighted by Gasteiger charge is -2.30. The summed E-state index contributed by atoms with van der Waals surface area (Å²) >= 11 is 0. The molecule has 8 heteroatoms. The summed E-state index contributed by atoms with van der Waals surface area (Å²) in [6.45, 7) is 0.849. The number of alkyl halides is 3. The van der Waals surface area contributed by atoms with Crippen LogP contribution in [-0.4, -0.2) is 34.1 Å². The Morgan fingerprint density at radius 1 is 0.931 bits per heavy atom. The van der Waals surface area contributed by atoms with Crippen LogP contribution in [0, 0.1) is 0 Å². The standard InChI is InChI=1S/C21H18F3N3O2/c22-21(23,24)20-26-25-18(29-20)16-10-12-27(13-11-16)19(28)17-8-6-15(7-9-17)14-4-2-1-3-5-14/h1-9,16H,10-13H2. The molecule has 1 fully saturated rings. The Morgan fingerprint density at radius 2 is 1.55 bits per heavy atom. The summed E-state index contributed by atoms with van der Waals surface area (Å²) < 4.78 is 42.6. The van der Waals surface area contributed by atoms with Crippen molar-refractivity contribution in [3.05, 3.63) is 71.9 Å². The van der Waals surface area contributed by atoms with Crippen molar-refractivity contribution in [2.75, 3.05) is 13.1 Å². The lowest BCUT2D eigenvalue weighted by molar-refractivity contribution is -0.157. The number of carbonyl (C=O) groups excluding carboxylic acids is 1. The third kappa shape index (κ3) is 4.16. The summed E-state index contributed by atoms with van der Waals surface area (Å²) in [6.07, 6.45) is -3.69. The summed E-state index contributed by atoms with van der Waals surface area (Å²) in [7, 11) is 0. The van der Waals surface area contributed by atoms with E-state index in [-0.39, 0.29) is 17.7 Å². The van der Waals surface area contributed by atoms with E-state index in [1.165, 1.54) is 0 Å². The van der Waals surface area contributed by atoms with Crippen molar-refractivity contribution < 1.29 is 22.4 Å². The number of hydrogen-bond donors (Lipinski definition) is 0. The molecule has 2 heterocycles. The minimum atomic E-state index is -4.65. The number of benzene rings is 2. The lowest BCUT2D eigenvalue weighted by Crippen LogP contribution is -2.38. The van der Waals surface area contributed by atoms with Gasteiger partial charge in [-0.05, 0) is 36.1 Å². The molecule has 5 nitrogen and oxygen atoms in total. The average molecular weight is 401 g/mol. The zero-order valence-electron chi connectivity index (χ0n) is 15.4. The second-order valence-electron chi connectivity index (χ2n) is 6.95. The molecule has 29 heavy (non-hydrogen) atoms. The van der Waals surface area contributed by atoms with Gasteiger partial charge in [0.05, 0.1) is 0 Å². The van der Waals surface area contributed by atoms with Gasteiger partial charge in [-0.15, -0.1) is 10.2 Å². The van der Waals surface area contributed by atoms with Gasteiger partial charge in [-0.25, -0.2) is 0 Å². The summed E-state index contributed by atoms with van der Waals surface area (Å²) in [5, 5.41) is 6.61. The van der Waals surface area contributed by atoms with Crippen molar-refractivity contribution in [1.29, 1.82) is 0 Å². The summed E-state index contributed by atoms with van der Waals surface area (Å²) in [5.41, 5.74) is 2.68. The van der Waals surface area contributed by atoms with E-state index in [9.17, 15) is 18.0 Å². The van der Waals surface area contributed by atoms with Crippen molar-refractivity contribution in [3.63, 3.8) is 0 Å². The molecule has 1 saturated heterocycles. The number of nitrogens with zero attached hydrogens (tertiary/aromatic N) is 3. The van der Waals surface area contributed by atoms with Gasteiger partial charge in [-0.2, -0.15) is 13.2 Å². The van der Waals surface area contributed by atoms with Crippen LogP contribution in [0.5, 0.6) is 0 Å². The first-order valence-electron chi connectivity index (χ1n) is 9.27. The Morgan fingerprint density at radius 3 is 2.14 bits per heavy atom. The summed E-state index contributed by atoms with van der Waals surface area (Å²) in [4.78, 5) is 14.5. The Labute approximate surface area is 165 Å². The van der Waals surface area contributed by atoms with E-state index in [0.29, 0.717) is 31.5 Å². The van der Waals surface area contributed by atoms with Crippen LogP contribution in [-0.2, 0) is 6.18 Å². The molecule has 1 aliphatic rings. The van der Waals surface area contributed by atoms with Crippen LogP contribution in [0.15, 0.2) is 59.0 Å². The van der Waals surface area contributed by atoms with E-state index in [1.54, 1.807) is 17.0 Å². The van der Waals surface area contributed by atoms with Crippen LogP contribution in [0.3, 0.4) is 0 Å². The van der Waals surface area contributed by atoms with E-state index in [4.69, 9.17) is 4.42 Å². The predicted octanol–water partition coefficient (Wildman–Crippen LogP) is 4.78. The van der Waals surface area contributed by atoms with Crippen LogP contribution in [0.4, 0.5) is 13.2 Å². The van der Waals surface area contributed by atoms with Crippen LogP contribution < -0.4 is 0 Å². The molecule has 150 valence electrons. The zero-order chi connectivity index (χ0) is 20.4. The Bertz CT molecular complexity index is 976. The summed E-state index contributed by atoms with van der Waals surface area (Å²) in [5.74, 6) is -1.71. The highest BCUT2D eigenvalue weighted by Crippen LogP contribution is 2.33. The molecule has 0 radical (unpaired) electrons. The minimum Gasteiger partial charge on any atom is -0.417 e. The monoisotopic (exact) mass is 401 g/mol. The normalized spacial score (nSPS) is 15.5. The first kappa shape index (κ1) is 19.2. The van der Waals surface area contributed by atoms with E-state index >= 15 is 0 Å². The average Bonchev–Trinajstić information content (AvgIpc) is 3.25. The predicted molar refractivity (Wildman–Crippen MR) is 99.1 cm³/mol. The maximum atomic E-state index is 12.8. The first-order chi connectivity index (χ1) is 13.9. The van der Waals surface area contributed by atoms with Crippen LogP contribution >= 0.6 is 0 Å². The van der Waals surface area contributed by atoms with Gasteiger partial charge in [0.25, 0.3) is 5.91 Å².